The molecule has 6 aliphatic carbocycles. The first-order valence-electron chi connectivity index (χ1n) is 22.9. The van der Waals surface area contributed by atoms with Crippen LogP contribution in [-0.4, -0.2) is 30.8 Å². The normalized spacial score (nSPS) is 26.4. The minimum Gasteiger partial charge on any atom is -0.493 e. The zero-order valence-electron chi connectivity index (χ0n) is 36.0. The molecule has 6 heterocycles. The van der Waals surface area contributed by atoms with E-state index >= 15 is 0 Å². The second-order valence-corrected chi connectivity index (χ2v) is 18.7. The van der Waals surface area contributed by atoms with Gasteiger partial charge in [0.15, 0.2) is 0 Å². The van der Waals surface area contributed by atoms with Gasteiger partial charge in [0.05, 0.1) is 12.0 Å². The Kier molecular flexibility index (Phi) is 11.6. The summed E-state index contributed by atoms with van der Waals surface area (Å²) in [7, 11) is 1.00. The number of aliphatic hydroxyl groups excluding tert-OH is 1. The predicted octanol–water partition coefficient (Wildman–Crippen LogP) is 14.2. The molecular formula is C58H55ClO3. The monoisotopic (exact) mass is 834 g/mol. The lowest BCUT2D eigenvalue weighted by Gasteiger charge is -2.43. The van der Waals surface area contributed by atoms with Crippen LogP contribution < -0.4 is 9.47 Å². The van der Waals surface area contributed by atoms with Gasteiger partial charge in [-0.1, -0.05) is 119 Å². The molecule has 4 atom stereocenters. The van der Waals surface area contributed by atoms with Crippen LogP contribution in [0, 0.1) is 29.6 Å². The Morgan fingerprint density at radius 2 is 1.21 bits per heavy atom. The van der Waals surface area contributed by atoms with Crippen LogP contribution in [0.5, 0.6) is 11.5 Å². The van der Waals surface area contributed by atoms with Crippen LogP contribution in [-0.2, 0) is 0 Å². The molecule has 1 N–H and O–H groups in total. The van der Waals surface area contributed by atoms with E-state index < -0.39 is 0 Å². The van der Waals surface area contributed by atoms with Crippen LogP contribution in [0.3, 0.4) is 0 Å². The number of allylic oxidation sites excluding steroid dienone is 12. The molecule has 4 aromatic rings. The molecule has 4 unspecified atom stereocenters. The molecule has 312 valence electrons. The van der Waals surface area contributed by atoms with Crippen molar-refractivity contribution in [2.75, 3.05) is 20.3 Å². The fourth-order valence-corrected chi connectivity index (χ4v) is 12.0. The number of benzene rings is 4. The maximum absolute atomic E-state index is 7.23. The molecule has 4 heteroatoms. The Balaban J connectivity index is 0.00000226. The van der Waals surface area contributed by atoms with Crippen LogP contribution in [0.2, 0.25) is 0 Å². The number of rotatable bonds is 0. The van der Waals surface area contributed by atoms with Gasteiger partial charge in [-0.3, -0.25) is 0 Å². The summed E-state index contributed by atoms with van der Waals surface area (Å²) in [5.41, 5.74) is 26.8. The minimum atomic E-state index is 0.129. The van der Waals surface area contributed by atoms with E-state index in [9.17, 15) is 0 Å². The molecule has 0 radical (unpaired) electrons. The lowest BCUT2D eigenvalue weighted by molar-refractivity contribution is 0.191. The summed E-state index contributed by atoms with van der Waals surface area (Å²) in [6, 6.07) is 26.0. The van der Waals surface area contributed by atoms with Gasteiger partial charge in [0.2, 0.25) is 0 Å². The summed E-state index contributed by atoms with van der Waals surface area (Å²) in [4.78, 5) is 0. The van der Waals surface area contributed by atoms with Gasteiger partial charge in [-0.25, -0.2) is 0 Å². The van der Waals surface area contributed by atoms with Crippen molar-refractivity contribution in [2.45, 2.75) is 76.5 Å². The number of aliphatic hydroxyl groups is 1. The SMILES string of the molecule is CC1CCC2C3=C=C=C(C=C3)C3=C=C=C(C=C3)COc3ccc4ccccc4c3-c3c(ccc4ccccc34)OCC3CCC(CC3)C3=CC=C(CC3)C3CCC(Cl)C1=C23.CO. The van der Waals surface area contributed by atoms with Gasteiger partial charge in [0, 0.05) is 52.4 Å². The maximum atomic E-state index is 7.23. The molecule has 0 saturated heterocycles. The van der Waals surface area contributed by atoms with E-state index in [1.807, 2.05) is 0 Å². The quantitative estimate of drug-likeness (QED) is 0.109. The Hall–Kier alpha value is -5.45. The molecule has 4 aromatic carbocycles. The molecule has 12 aliphatic rings. The summed E-state index contributed by atoms with van der Waals surface area (Å²) < 4.78 is 13.8. The first-order chi connectivity index (χ1) is 30.6. The van der Waals surface area contributed by atoms with E-state index in [0.717, 1.165) is 84.1 Å². The van der Waals surface area contributed by atoms with Crippen LogP contribution >= 0.6 is 11.6 Å². The van der Waals surface area contributed by atoms with Crippen molar-refractivity contribution in [3.05, 3.63) is 177 Å². The number of halogens is 1. The first kappa shape index (κ1) is 40.6. The summed E-state index contributed by atoms with van der Waals surface area (Å²) in [6.07, 6.45) is 25.5. The second-order valence-electron chi connectivity index (χ2n) is 18.1. The molecule has 62 heavy (non-hydrogen) atoms. The third kappa shape index (κ3) is 7.70. The Bertz CT molecular complexity index is 2820. The van der Waals surface area contributed by atoms with Crippen LogP contribution in [0.15, 0.2) is 177 Å². The van der Waals surface area contributed by atoms with E-state index in [0.29, 0.717) is 36.2 Å². The third-order valence-electron chi connectivity index (χ3n) is 14.7. The molecule has 0 aromatic heterocycles. The van der Waals surface area contributed by atoms with Crippen molar-refractivity contribution in [2.24, 2.45) is 29.6 Å². The minimum absolute atomic E-state index is 0.129. The molecular weight excluding hydrogens is 780 g/mol. The van der Waals surface area contributed by atoms with Gasteiger partial charge in [0.1, 0.15) is 18.1 Å². The number of hydrogen-bond acceptors (Lipinski definition) is 3. The number of fused-ring (bicyclic) bond motifs is 3. The second kappa shape index (κ2) is 17.7. The lowest BCUT2D eigenvalue weighted by Crippen LogP contribution is -2.33. The Morgan fingerprint density at radius 3 is 1.85 bits per heavy atom. The molecule has 1 fully saturated rings. The van der Waals surface area contributed by atoms with Crippen LogP contribution in [0.25, 0.3) is 32.7 Å². The van der Waals surface area contributed by atoms with Gasteiger partial charge in [-0.15, -0.1) is 11.6 Å². The average Bonchev–Trinajstić information content (AvgIpc) is 3.33. The van der Waals surface area contributed by atoms with Gasteiger partial charge in [-0.2, -0.15) is 0 Å². The molecule has 6 aliphatic heterocycles. The van der Waals surface area contributed by atoms with E-state index in [1.54, 1.807) is 16.7 Å². The standard InChI is InChI=1S/C57H51ClO2.CH4O/c1-36-10-29-49-45-23-19-41(20-24-45)39-15-11-37(12-16-39)34-59-52-32-27-43-6-2-4-8-47(43)56(52)57-48-9-5-3-7-44(48)28-33-53(57)60-35-38-13-17-40(18-14-38)42-21-25-46(26-22-42)50-30-31-51(58)54(36)55(49)50;1-2/h2-9,11,15,19,21,23,25,27-28,32-33,36,38,40,49-51H,10,13-14,17-18,22,26,29-31,34-35H2,1H3;2H,1H3. The smallest absolute Gasteiger partial charge is 0.128 e. The number of hydrogen-bond donors (Lipinski definition) is 1. The Morgan fingerprint density at radius 1 is 0.581 bits per heavy atom. The fraction of sp³-hybridized carbons (Fsp3) is 0.345. The highest BCUT2D eigenvalue weighted by molar-refractivity contribution is 6.22. The zero-order chi connectivity index (χ0) is 42.2. The highest BCUT2D eigenvalue weighted by atomic mass is 35.5. The molecule has 16 rings (SSSR count). The molecule has 8 bridgehead atoms. The van der Waals surface area contributed by atoms with Crippen molar-refractivity contribution < 1.29 is 14.6 Å². The number of alkyl halides is 1. The largest absolute Gasteiger partial charge is 0.493 e. The lowest BCUT2D eigenvalue weighted by atomic mass is 9.62. The topological polar surface area (TPSA) is 38.7 Å². The van der Waals surface area contributed by atoms with E-state index in [4.69, 9.17) is 26.2 Å². The van der Waals surface area contributed by atoms with Gasteiger partial charge >= 0.3 is 0 Å². The van der Waals surface area contributed by atoms with Crippen molar-refractivity contribution >= 4 is 33.1 Å². The number of ether oxygens (including phenoxy) is 2. The third-order valence-corrected chi connectivity index (χ3v) is 15.2. The van der Waals surface area contributed by atoms with Crippen molar-refractivity contribution in [3.8, 4) is 22.6 Å². The average molecular weight is 836 g/mol. The molecule has 3 nitrogen and oxygen atoms in total. The first-order valence-corrected chi connectivity index (χ1v) is 23.4. The predicted molar refractivity (Wildman–Crippen MR) is 255 cm³/mol. The maximum Gasteiger partial charge on any atom is 0.128 e. The molecule has 0 spiro atoms. The highest BCUT2D eigenvalue weighted by Gasteiger charge is 2.41. The van der Waals surface area contributed by atoms with Gasteiger partial charge in [-0.05, 0) is 146 Å². The summed E-state index contributed by atoms with van der Waals surface area (Å²) >= 11 is 7.23. The van der Waals surface area contributed by atoms with Gasteiger partial charge < -0.3 is 14.6 Å². The van der Waals surface area contributed by atoms with E-state index in [2.05, 4.69) is 139 Å². The zero-order valence-corrected chi connectivity index (χ0v) is 36.7. The van der Waals surface area contributed by atoms with Crippen molar-refractivity contribution in [3.63, 3.8) is 0 Å². The summed E-state index contributed by atoms with van der Waals surface area (Å²) in [5, 5.41) is 11.8. The summed E-state index contributed by atoms with van der Waals surface area (Å²) in [5.74, 6) is 4.26. The van der Waals surface area contributed by atoms with Crippen LogP contribution in [0.4, 0.5) is 0 Å². The molecule has 1 saturated carbocycles. The van der Waals surface area contributed by atoms with E-state index in [1.165, 1.54) is 65.8 Å². The van der Waals surface area contributed by atoms with Crippen LogP contribution in [0.1, 0.15) is 71.1 Å². The van der Waals surface area contributed by atoms with Gasteiger partial charge in [0.25, 0.3) is 0 Å². The molecule has 0 amide bonds. The summed E-state index contributed by atoms with van der Waals surface area (Å²) in [6.45, 7) is 3.49. The van der Waals surface area contributed by atoms with E-state index in [-0.39, 0.29) is 5.38 Å². The highest BCUT2D eigenvalue weighted by Crippen LogP contribution is 2.53. The van der Waals surface area contributed by atoms with Crippen molar-refractivity contribution in [1.82, 2.24) is 0 Å². The fourth-order valence-electron chi connectivity index (χ4n) is 11.5. The van der Waals surface area contributed by atoms with Crippen molar-refractivity contribution in [1.29, 1.82) is 0 Å². The Labute approximate surface area is 371 Å².